The number of benzene rings is 1. The Morgan fingerprint density at radius 2 is 1.69 bits per heavy atom. The topological polar surface area (TPSA) is 6.25 Å². The Bertz CT molecular complexity index is 384. The van der Waals surface area contributed by atoms with Crippen molar-refractivity contribution in [3.8, 4) is 0 Å². The molecule has 2 heteroatoms. The lowest BCUT2D eigenvalue weighted by atomic mass is 10.3. The van der Waals surface area contributed by atoms with Gasteiger partial charge in [0, 0.05) is 25.0 Å². The highest BCUT2D eigenvalue weighted by molar-refractivity contribution is 5.66. The number of nitrogens with zero attached hydrogens (tertiary/aromatic N) is 2. The normalized spacial score (nSPS) is 10.9. The third kappa shape index (κ3) is 4.60. The second-order valence-corrected chi connectivity index (χ2v) is 3.79. The smallest absolute Gasteiger partial charge is 0.162 e. The van der Waals surface area contributed by atoms with Gasteiger partial charge in [0.2, 0.25) is 0 Å². The number of anilines is 1. The summed E-state index contributed by atoms with van der Waals surface area (Å²) in [6.45, 7) is 0. The van der Waals surface area contributed by atoms with E-state index in [0.717, 1.165) is 0 Å². The van der Waals surface area contributed by atoms with Crippen LogP contribution in [0, 0.1) is 0 Å². The molecule has 0 heterocycles. The van der Waals surface area contributed by atoms with Crippen molar-refractivity contribution in [3.05, 3.63) is 54.8 Å². The predicted octanol–water partition coefficient (Wildman–Crippen LogP) is 2.54. The number of hydrogen-bond acceptors (Lipinski definition) is 1. The molecule has 0 amide bonds. The molecule has 0 aliphatic heterocycles. The zero-order valence-corrected chi connectivity index (χ0v) is 10.2. The molecule has 2 nitrogen and oxygen atoms in total. The summed E-state index contributed by atoms with van der Waals surface area (Å²) >= 11 is 0. The predicted molar refractivity (Wildman–Crippen MR) is 71.3 cm³/mol. The summed E-state index contributed by atoms with van der Waals surface area (Å²) in [7, 11) is 6.05. The standard InChI is InChI=1S/C14H19N2/c1-15(2)12-8-5-9-13-16(3)14-10-6-4-7-11-14/h4-13H,1-3H3/q+1. The molecule has 0 aliphatic carbocycles. The summed E-state index contributed by atoms with van der Waals surface area (Å²) in [6.07, 6.45) is 10.1. The summed E-state index contributed by atoms with van der Waals surface area (Å²) < 4.78 is 2.01. The van der Waals surface area contributed by atoms with E-state index in [0.29, 0.717) is 0 Å². The van der Waals surface area contributed by atoms with Crippen LogP contribution in [0.4, 0.5) is 5.69 Å². The molecule has 0 unspecified atom stereocenters. The van der Waals surface area contributed by atoms with E-state index in [1.807, 2.05) is 74.6 Å². The molecule has 16 heavy (non-hydrogen) atoms. The van der Waals surface area contributed by atoms with Crippen LogP contribution in [0.15, 0.2) is 54.8 Å². The first-order valence-corrected chi connectivity index (χ1v) is 5.33. The van der Waals surface area contributed by atoms with Crippen molar-refractivity contribution in [2.45, 2.75) is 0 Å². The Balaban J connectivity index is 2.52. The van der Waals surface area contributed by atoms with Crippen LogP contribution in [0.3, 0.4) is 0 Å². The van der Waals surface area contributed by atoms with Gasteiger partial charge in [0.25, 0.3) is 0 Å². The fourth-order valence-electron chi connectivity index (χ4n) is 1.21. The maximum absolute atomic E-state index is 2.08. The fraction of sp³-hybridized carbons (Fsp3) is 0.214. The lowest BCUT2D eigenvalue weighted by Crippen LogP contribution is -2.06. The molecule has 84 valence electrons. The van der Waals surface area contributed by atoms with Crippen LogP contribution in [0.2, 0.25) is 0 Å². The van der Waals surface area contributed by atoms with Crippen molar-refractivity contribution in [2.24, 2.45) is 0 Å². The van der Waals surface area contributed by atoms with Gasteiger partial charge in [-0.15, -0.1) is 0 Å². The first kappa shape index (κ1) is 12.2. The van der Waals surface area contributed by atoms with Crippen LogP contribution in [0.5, 0.6) is 0 Å². The molecule has 1 aromatic carbocycles. The molecule has 0 radical (unpaired) electrons. The van der Waals surface area contributed by atoms with Crippen molar-refractivity contribution in [2.75, 3.05) is 26.0 Å². The first-order valence-electron chi connectivity index (χ1n) is 5.33. The molecular weight excluding hydrogens is 196 g/mol. The van der Waals surface area contributed by atoms with E-state index in [2.05, 4.69) is 17.0 Å². The highest BCUT2D eigenvalue weighted by atomic mass is 15.1. The largest absolute Gasteiger partial charge is 0.351 e. The lowest BCUT2D eigenvalue weighted by Gasteiger charge is -2.12. The van der Waals surface area contributed by atoms with Crippen molar-refractivity contribution in [3.63, 3.8) is 0 Å². The SMILES string of the molecule is CN(/C=C/C=C/C=[N+](C)C)c1ccccc1. The highest BCUT2D eigenvalue weighted by Crippen LogP contribution is 2.10. The Hall–Kier alpha value is -1.83. The zero-order valence-electron chi connectivity index (χ0n) is 10.2. The van der Waals surface area contributed by atoms with E-state index < -0.39 is 0 Å². The molecule has 0 saturated carbocycles. The van der Waals surface area contributed by atoms with Crippen molar-refractivity contribution >= 4 is 11.9 Å². The average molecular weight is 215 g/mol. The van der Waals surface area contributed by atoms with Gasteiger partial charge < -0.3 is 4.90 Å². The number of hydrogen-bond donors (Lipinski definition) is 0. The Morgan fingerprint density at radius 1 is 1.00 bits per heavy atom. The van der Waals surface area contributed by atoms with Gasteiger partial charge >= 0.3 is 0 Å². The average Bonchev–Trinajstić information content (AvgIpc) is 2.29. The fourth-order valence-corrected chi connectivity index (χ4v) is 1.21. The molecule has 0 spiro atoms. The van der Waals surface area contributed by atoms with Gasteiger partial charge in [0.15, 0.2) is 6.21 Å². The number of rotatable bonds is 4. The second-order valence-electron chi connectivity index (χ2n) is 3.79. The van der Waals surface area contributed by atoms with Crippen LogP contribution in [-0.4, -0.2) is 31.9 Å². The minimum atomic E-state index is 1.18. The van der Waals surface area contributed by atoms with Crippen LogP contribution in [-0.2, 0) is 0 Å². The maximum atomic E-state index is 2.08. The maximum Gasteiger partial charge on any atom is 0.162 e. The molecular formula is C14H19N2+. The van der Waals surface area contributed by atoms with E-state index in [4.69, 9.17) is 0 Å². The van der Waals surface area contributed by atoms with Crippen molar-refractivity contribution in [1.82, 2.24) is 0 Å². The molecule has 0 N–H and O–H groups in total. The quantitative estimate of drug-likeness (QED) is 0.425. The van der Waals surface area contributed by atoms with Crippen LogP contribution in [0.25, 0.3) is 0 Å². The first-order chi connectivity index (χ1) is 7.70. The van der Waals surface area contributed by atoms with E-state index in [-0.39, 0.29) is 0 Å². The minimum absolute atomic E-state index is 1.18. The Labute approximate surface area is 97.8 Å². The molecule has 0 atom stereocenters. The summed E-state index contributed by atoms with van der Waals surface area (Å²) in [6, 6.07) is 10.3. The molecule has 0 aromatic heterocycles. The monoisotopic (exact) mass is 215 g/mol. The molecule has 1 rings (SSSR count). The van der Waals surface area contributed by atoms with Gasteiger partial charge in [-0.05, 0) is 18.2 Å². The van der Waals surface area contributed by atoms with Gasteiger partial charge in [-0.25, -0.2) is 4.58 Å². The van der Waals surface area contributed by atoms with Gasteiger partial charge in [-0.2, -0.15) is 0 Å². The minimum Gasteiger partial charge on any atom is -0.351 e. The van der Waals surface area contributed by atoms with Crippen LogP contribution >= 0.6 is 0 Å². The Kier molecular flexibility index (Phi) is 5.06. The highest BCUT2D eigenvalue weighted by Gasteiger charge is 1.91. The van der Waals surface area contributed by atoms with E-state index in [1.54, 1.807) is 0 Å². The van der Waals surface area contributed by atoms with Crippen LogP contribution < -0.4 is 4.90 Å². The number of allylic oxidation sites excluding steroid dienone is 3. The lowest BCUT2D eigenvalue weighted by molar-refractivity contribution is -0.458. The summed E-state index contributed by atoms with van der Waals surface area (Å²) in [4.78, 5) is 2.08. The van der Waals surface area contributed by atoms with E-state index in [1.165, 1.54) is 5.69 Å². The summed E-state index contributed by atoms with van der Waals surface area (Å²) in [5.41, 5.74) is 1.18. The van der Waals surface area contributed by atoms with Gasteiger partial charge in [0.05, 0.1) is 0 Å². The van der Waals surface area contributed by atoms with Gasteiger partial charge in [-0.1, -0.05) is 24.3 Å². The third-order valence-corrected chi connectivity index (χ3v) is 2.08. The molecule has 0 bridgehead atoms. The molecule has 1 aromatic rings. The molecule has 0 aliphatic rings. The van der Waals surface area contributed by atoms with Gasteiger partial charge in [0.1, 0.15) is 14.1 Å². The van der Waals surface area contributed by atoms with Crippen molar-refractivity contribution < 1.29 is 4.58 Å². The molecule has 0 fully saturated rings. The van der Waals surface area contributed by atoms with Gasteiger partial charge in [-0.3, -0.25) is 0 Å². The summed E-state index contributed by atoms with van der Waals surface area (Å²) in [5, 5.41) is 0. The van der Waals surface area contributed by atoms with Crippen LogP contribution in [0.1, 0.15) is 0 Å². The van der Waals surface area contributed by atoms with E-state index in [9.17, 15) is 0 Å². The zero-order chi connectivity index (χ0) is 11.8. The molecule has 0 saturated heterocycles. The Morgan fingerprint density at radius 3 is 2.31 bits per heavy atom. The van der Waals surface area contributed by atoms with Crippen molar-refractivity contribution in [1.29, 1.82) is 0 Å². The second kappa shape index (κ2) is 6.62. The van der Waals surface area contributed by atoms with E-state index >= 15 is 0 Å². The number of para-hydroxylation sites is 1. The summed E-state index contributed by atoms with van der Waals surface area (Å²) in [5.74, 6) is 0. The third-order valence-electron chi connectivity index (χ3n) is 2.08.